The van der Waals surface area contributed by atoms with Crippen molar-refractivity contribution in [3.63, 3.8) is 0 Å². The molecule has 1 aliphatic rings. The molecule has 1 unspecified atom stereocenters. The van der Waals surface area contributed by atoms with Crippen LogP contribution in [-0.2, 0) is 11.3 Å². The van der Waals surface area contributed by atoms with Crippen molar-refractivity contribution in [3.8, 4) is 0 Å². The molecule has 4 nitrogen and oxygen atoms in total. The summed E-state index contributed by atoms with van der Waals surface area (Å²) in [5.41, 5.74) is 4.95. The van der Waals surface area contributed by atoms with Crippen molar-refractivity contribution in [2.45, 2.75) is 58.3 Å². The molecule has 1 atom stereocenters. The van der Waals surface area contributed by atoms with E-state index in [2.05, 4.69) is 49.6 Å². The lowest BCUT2D eigenvalue weighted by atomic mass is 9.85. The third-order valence-electron chi connectivity index (χ3n) is 5.06. The van der Waals surface area contributed by atoms with E-state index in [0.29, 0.717) is 18.7 Å². The number of rotatable bonds is 6. The molecule has 0 aromatic heterocycles. The molecule has 0 saturated heterocycles. The van der Waals surface area contributed by atoms with E-state index in [4.69, 9.17) is 4.74 Å². The molecule has 0 radical (unpaired) electrons. The van der Waals surface area contributed by atoms with Crippen molar-refractivity contribution in [2.24, 2.45) is 0 Å². The molecular formula is C22H28N2O2. The maximum absolute atomic E-state index is 11.9. The van der Waals surface area contributed by atoms with Gasteiger partial charge in [0.1, 0.15) is 6.61 Å². The van der Waals surface area contributed by atoms with Gasteiger partial charge in [0, 0.05) is 18.1 Å². The molecule has 1 saturated carbocycles. The van der Waals surface area contributed by atoms with Gasteiger partial charge in [-0.25, -0.2) is 4.79 Å². The molecule has 4 heteroatoms. The molecule has 26 heavy (non-hydrogen) atoms. The lowest BCUT2D eigenvalue weighted by molar-refractivity contribution is 0.124. The number of amides is 1. The van der Waals surface area contributed by atoms with Crippen LogP contribution in [0.3, 0.4) is 0 Å². The second kappa shape index (κ2) is 8.37. The Labute approximate surface area is 156 Å². The molecule has 0 spiro atoms. The van der Waals surface area contributed by atoms with Crippen molar-refractivity contribution in [1.82, 2.24) is 10.6 Å². The van der Waals surface area contributed by atoms with Crippen molar-refractivity contribution in [1.29, 1.82) is 0 Å². The number of carbonyl (C=O) groups is 1. The van der Waals surface area contributed by atoms with Gasteiger partial charge in [-0.3, -0.25) is 0 Å². The summed E-state index contributed by atoms with van der Waals surface area (Å²) in [6, 6.07) is 17.2. The quantitative estimate of drug-likeness (QED) is 0.809. The molecule has 0 heterocycles. The molecule has 2 aromatic rings. The van der Waals surface area contributed by atoms with Crippen LogP contribution in [0, 0.1) is 13.8 Å². The zero-order valence-electron chi connectivity index (χ0n) is 15.8. The largest absolute Gasteiger partial charge is 0.445 e. The molecule has 0 bridgehead atoms. The maximum atomic E-state index is 11.9. The van der Waals surface area contributed by atoms with Crippen molar-refractivity contribution in [3.05, 3.63) is 70.8 Å². The van der Waals surface area contributed by atoms with Gasteiger partial charge in [0.25, 0.3) is 0 Å². The fourth-order valence-corrected chi connectivity index (χ4v) is 3.47. The van der Waals surface area contributed by atoms with Crippen LogP contribution in [0.15, 0.2) is 48.5 Å². The molecule has 138 valence electrons. The molecule has 1 fully saturated rings. The molecular weight excluding hydrogens is 324 g/mol. The number of carbonyl (C=O) groups excluding carboxylic acids is 1. The minimum absolute atomic E-state index is 0.196. The van der Waals surface area contributed by atoms with Crippen LogP contribution < -0.4 is 10.6 Å². The first kappa shape index (κ1) is 18.5. The van der Waals surface area contributed by atoms with Gasteiger partial charge in [-0.05, 0) is 50.3 Å². The van der Waals surface area contributed by atoms with Gasteiger partial charge >= 0.3 is 6.09 Å². The molecule has 1 aliphatic carbocycles. The fraction of sp³-hybridized carbons (Fsp3) is 0.409. The highest BCUT2D eigenvalue weighted by atomic mass is 16.5. The highest BCUT2D eigenvalue weighted by Crippen LogP contribution is 2.25. The Morgan fingerprint density at radius 3 is 2.58 bits per heavy atom. The van der Waals surface area contributed by atoms with Crippen molar-refractivity contribution >= 4 is 6.09 Å². The number of ether oxygens (including phenoxy) is 1. The summed E-state index contributed by atoms with van der Waals surface area (Å²) < 4.78 is 5.28. The van der Waals surface area contributed by atoms with E-state index in [9.17, 15) is 4.79 Å². The zero-order valence-corrected chi connectivity index (χ0v) is 15.8. The smallest absolute Gasteiger partial charge is 0.407 e. The standard InChI is InChI=1S/C22H28N2O2/c1-15-9-10-16(2)21(11-15)17(3)23-19-12-20(13-19)24-22(25)26-14-18-7-5-4-6-8-18/h4-11,17,19-20,23H,12-14H2,1-3H3,(H,24,25). The van der Waals surface area contributed by atoms with Crippen LogP contribution in [0.4, 0.5) is 4.79 Å². The highest BCUT2D eigenvalue weighted by molar-refractivity contribution is 5.67. The fourth-order valence-electron chi connectivity index (χ4n) is 3.47. The summed E-state index contributed by atoms with van der Waals surface area (Å²) in [5.74, 6) is 0. The highest BCUT2D eigenvalue weighted by Gasteiger charge is 2.31. The number of hydrogen-bond acceptors (Lipinski definition) is 3. The number of nitrogens with one attached hydrogen (secondary N) is 2. The minimum Gasteiger partial charge on any atom is -0.445 e. The third-order valence-corrected chi connectivity index (χ3v) is 5.06. The summed E-state index contributed by atoms with van der Waals surface area (Å²) in [6.45, 7) is 6.79. The lowest BCUT2D eigenvalue weighted by Crippen LogP contribution is -2.52. The average Bonchev–Trinajstić information content (AvgIpc) is 2.61. The SMILES string of the molecule is Cc1ccc(C)c(C(C)NC2CC(NC(=O)OCc3ccccc3)C2)c1. The van der Waals surface area contributed by atoms with E-state index < -0.39 is 0 Å². The Kier molecular flexibility index (Phi) is 5.94. The van der Waals surface area contributed by atoms with Crippen LogP contribution >= 0.6 is 0 Å². The Morgan fingerprint density at radius 2 is 1.85 bits per heavy atom. The van der Waals surface area contributed by atoms with E-state index in [1.807, 2.05) is 30.3 Å². The monoisotopic (exact) mass is 352 g/mol. The van der Waals surface area contributed by atoms with Crippen LogP contribution in [0.5, 0.6) is 0 Å². The van der Waals surface area contributed by atoms with Crippen molar-refractivity contribution in [2.75, 3.05) is 0 Å². The van der Waals surface area contributed by atoms with E-state index in [-0.39, 0.29) is 12.1 Å². The second-order valence-electron chi connectivity index (χ2n) is 7.32. The Balaban J connectivity index is 1.38. The predicted molar refractivity (Wildman–Crippen MR) is 104 cm³/mol. The summed E-state index contributed by atoms with van der Waals surface area (Å²) in [6.07, 6.45) is 1.55. The molecule has 0 aliphatic heterocycles. The maximum Gasteiger partial charge on any atom is 0.407 e. The first-order valence-corrected chi connectivity index (χ1v) is 9.31. The van der Waals surface area contributed by atoms with Crippen LogP contribution in [0.2, 0.25) is 0 Å². The Bertz CT molecular complexity index is 739. The molecule has 2 N–H and O–H groups in total. The first-order chi connectivity index (χ1) is 12.5. The lowest BCUT2D eigenvalue weighted by Gasteiger charge is -2.38. The van der Waals surface area contributed by atoms with Gasteiger partial charge in [0.2, 0.25) is 0 Å². The minimum atomic E-state index is -0.333. The van der Waals surface area contributed by atoms with Gasteiger partial charge in [0.05, 0.1) is 0 Å². The predicted octanol–water partition coefficient (Wildman–Crippen LogP) is 4.41. The van der Waals surface area contributed by atoms with Gasteiger partial charge in [-0.2, -0.15) is 0 Å². The van der Waals surface area contributed by atoms with Crippen LogP contribution in [0.25, 0.3) is 0 Å². The van der Waals surface area contributed by atoms with Gasteiger partial charge < -0.3 is 15.4 Å². The number of benzene rings is 2. The van der Waals surface area contributed by atoms with E-state index in [0.717, 1.165) is 18.4 Å². The van der Waals surface area contributed by atoms with Crippen molar-refractivity contribution < 1.29 is 9.53 Å². The summed E-state index contributed by atoms with van der Waals surface area (Å²) in [7, 11) is 0. The third kappa shape index (κ3) is 4.85. The summed E-state index contributed by atoms with van der Waals surface area (Å²) >= 11 is 0. The Morgan fingerprint density at radius 1 is 1.12 bits per heavy atom. The van der Waals surface area contributed by atoms with Gasteiger partial charge in [-0.1, -0.05) is 54.1 Å². The normalized spacial score (nSPS) is 20.1. The summed E-state index contributed by atoms with van der Waals surface area (Å²) in [5, 5.41) is 6.62. The molecule has 1 amide bonds. The van der Waals surface area contributed by atoms with Gasteiger partial charge in [0.15, 0.2) is 0 Å². The number of aryl methyl sites for hydroxylation is 2. The average molecular weight is 352 g/mol. The van der Waals surface area contributed by atoms with E-state index in [1.165, 1.54) is 16.7 Å². The molecule has 2 aromatic carbocycles. The number of alkyl carbamates (subject to hydrolysis) is 1. The second-order valence-corrected chi connectivity index (χ2v) is 7.32. The molecule has 3 rings (SSSR count). The Hall–Kier alpha value is -2.33. The topological polar surface area (TPSA) is 50.4 Å². The van der Waals surface area contributed by atoms with E-state index >= 15 is 0 Å². The first-order valence-electron chi connectivity index (χ1n) is 9.31. The van der Waals surface area contributed by atoms with Crippen LogP contribution in [-0.4, -0.2) is 18.2 Å². The van der Waals surface area contributed by atoms with Crippen LogP contribution in [0.1, 0.15) is 48.1 Å². The zero-order chi connectivity index (χ0) is 18.5. The van der Waals surface area contributed by atoms with Gasteiger partial charge in [-0.15, -0.1) is 0 Å². The van der Waals surface area contributed by atoms with E-state index in [1.54, 1.807) is 0 Å². The summed E-state index contributed by atoms with van der Waals surface area (Å²) in [4.78, 5) is 11.9. The number of hydrogen-bond donors (Lipinski definition) is 2.